The van der Waals surface area contributed by atoms with Gasteiger partial charge in [-0.25, -0.2) is 0 Å². The molecule has 1 heterocycles. The first-order valence-electron chi connectivity index (χ1n) is 7.62. The van der Waals surface area contributed by atoms with Crippen molar-refractivity contribution >= 4 is 5.69 Å². The molecule has 2 nitrogen and oxygen atoms in total. The van der Waals surface area contributed by atoms with Crippen LogP contribution in [0, 0.1) is 19.8 Å². The predicted molar refractivity (Wildman–Crippen MR) is 84.0 cm³/mol. The number of hydrogen-bond donors (Lipinski definition) is 1. The predicted octanol–water partition coefficient (Wildman–Crippen LogP) is 3.52. The summed E-state index contributed by atoms with van der Waals surface area (Å²) in [6.45, 7) is 13.6. The minimum atomic E-state index is 0.596. The zero-order valence-electron chi connectivity index (χ0n) is 13.0. The maximum Gasteiger partial charge on any atom is 0.0398 e. The van der Waals surface area contributed by atoms with Crippen LogP contribution in [0.5, 0.6) is 0 Å². The number of hydrogen-bond acceptors (Lipinski definition) is 2. The lowest BCUT2D eigenvalue weighted by Crippen LogP contribution is -2.53. The van der Waals surface area contributed by atoms with Gasteiger partial charge in [0.2, 0.25) is 0 Å². The third kappa shape index (κ3) is 2.94. The monoisotopic (exact) mass is 260 g/mol. The molecule has 1 aromatic rings. The van der Waals surface area contributed by atoms with Gasteiger partial charge in [0, 0.05) is 24.3 Å². The SMILES string of the molecule is CCNC1CCN(c2ccc(C)cc2C)C(C)C1C. The van der Waals surface area contributed by atoms with Crippen molar-refractivity contribution in [2.75, 3.05) is 18.0 Å². The fourth-order valence-corrected chi connectivity index (χ4v) is 3.38. The van der Waals surface area contributed by atoms with Gasteiger partial charge in [-0.3, -0.25) is 0 Å². The Balaban J connectivity index is 2.18. The van der Waals surface area contributed by atoms with Crippen molar-refractivity contribution in [1.82, 2.24) is 5.32 Å². The summed E-state index contributed by atoms with van der Waals surface area (Å²) in [5.74, 6) is 0.689. The highest BCUT2D eigenvalue weighted by Gasteiger charge is 2.32. The van der Waals surface area contributed by atoms with Crippen LogP contribution in [0.15, 0.2) is 18.2 Å². The van der Waals surface area contributed by atoms with Gasteiger partial charge in [0.25, 0.3) is 0 Å². The molecule has 0 amide bonds. The van der Waals surface area contributed by atoms with Crippen LogP contribution in [0.25, 0.3) is 0 Å². The molecule has 0 bridgehead atoms. The average Bonchev–Trinajstić information content (AvgIpc) is 2.37. The van der Waals surface area contributed by atoms with Crippen LogP contribution >= 0.6 is 0 Å². The minimum absolute atomic E-state index is 0.596. The molecule has 0 aromatic heterocycles. The molecule has 1 fully saturated rings. The molecule has 1 aliphatic rings. The normalized spacial score (nSPS) is 27.6. The van der Waals surface area contributed by atoms with E-state index < -0.39 is 0 Å². The van der Waals surface area contributed by atoms with Gasteiger partial charge >= 0.3 is 0 Å². The summed E-state index contributed by atoms with van der Waals surface area (Å²) in [6.07, 6.45) is 1.24. The molecule has 0 radical (unpaired) electrons. The summed E-state index contributed by atoms with van der Waals surface area (Å²) < 4.78 is 0. The zero-order valence-corrected chi connectivity index (χ0v) is 13.0. The first-order valence-corrected chi connectivity index (χ1v) is 7.62. The van der Waals surface area contributed by atoms with Gasteiger partial charge in [-0.1, -0.05) is 31.5 Å². The van der Waals surface area contributed by atoms with Gasteiger partial charge in [-0.05, 0) is 51.3 Å². The van der Waals surface area contributed by atoms with E-state index in [0.717, 1.165) is 13.1 Å². The van der Waals surface area contributed by atoms with Crippen LogP contribution in [0.4, 0.5) is 5.69 Å². The fraction of sp³-hybridized carbons (Fsp3) is 0.647. The number of piperidine rings is 1. The van der Waals surface area contributed by atoms with E-state index in [0.29, 0.717) is 18.0 Å². The third-order valence-corrected chi connectivity index (χ3v) is 4.70. The van der Waals surface area contributed by atoms with Crippen molar-refractivity contribution in [3.05, 3.63) is 29.3 Å². The van der Waals surface area contributed by atoms with Crippen LogP contribution < -0.4 is 10.2 Å². The van der Waals surface area contributed by atoms with E-state index >= 15 is 0 Å². The number of nitrogens with zero attached hydrogens (tertiary/aromatic N) is 1. The summed E-state index contributed by atoms with van der Waals surface area (Å²) in [7, 11) is 0. The fourth-order valence-electron chi connectivity index (χ4n) is 3.38. The smallest absolute Gasteiger partial charge is 0.0398 e. The molecule has 1 aliphatic heterocycles. The Morgan fingerprint density at radius 3 is 2.63 bits per heavy atom. The molecule has 3 atom stereocenters. The number of aryl methyl sites for hydroxylation is 2. The quantitative estimate of drug-likeness (QED) is 0.894. The Morgan fingerprint density at radius 1 is 1.26 bits per heavy atom. The molecule has 0 spiro atoms. The van der Waals surface area contributed by atoms with Gasteiger partial charge in [-0.15, -0.1) is 0 Å². The Kier molecular flexibility index (Phi) is 4.51. The second kappa shape index (κ2) is 5.96. The second-order valence-electron chi connectivity index (χ2n) is 6.04. The molecular weight excluding hydrogens is 232 g/mol. The van der Waals surface area contributed by atoms with Crippen molar-refractivity contribution < 1.29 is 0 Å². The third-order valence-electron chi connectivity index (χ3n) is 4.70. The molecule has 3 unspecified atom stereocenters. The van der Waals surface area contributed by atoms with Crippen LogP contribution in [-0.2, 0) is 0 Å². The molecule has 106 valence electrons. The minimum Gasteiger partial charge on any atom is -0.368 e. The van der Waals surface area contributed by atoms with Crippen molar-refractivity contribution in [3.63, 3.8) is 0 Å². The van der Waals surface area contributed by atoms with E-state index in [2.05, 4.69) is 63.0 Å². The zero-order chi connectivity index (χ0) is 14.0. The van der Waals surface area contributed by atoms with Crippen molar-refractivity contribution in [1.29, 1.82) is 0 Å². The molecule has 2 rings (SSSR count). The van der Waals surface area contributed by atoms with Crippen LogP contribution in [0.3, 0.4) is 0 Å². The summed E-state index contributed by atoms with van der Waals surface area (Å²) in [6, 6.07) is 8.09. The van der Waals surface area contributed by atoms with Crippen LogP contribution in [-0.4, -0.2) is 25.2 Å². The van der Waals surface area contributed by atoms with Gasteiger partial charge in [0.15, 0.2) is 0 Å². The van der Waals surface area contributed by atoms with Crippen molar-refractivity contribution in [2.24, 2.45) is 5.92 Å². The molecule has 1 saturated heterocycles. The van der Waals surface area contributed by atoms with Gasteiger partial charge < -0.3 is 10.2 Å². The first-order chi connectivity index (χ1) is 9.04. The Labute approximate surface area is 118 Å². The van der Waals surface area contributed by atoms with Crippen molar-refractivity contribution in [2.45, 2.75) is 53.1 Å². The van der Waals surface area contributed by atoms with E-state index in [-0.39, 0.29) is 0 Å². The molecule has 2 heteroatoms. The molecule has 1 N–H and O–H groups in total. The highest BCUT2D eigenvalue weighted by Crippen LogP contribution is 2.31. The summed E-state index contributed by atoms with van der Waals surface area (Å²) in [5.41, 5.74) is 4.17. The topological polar surface area (TPSA) is 15.3 Å². The summed E-state index contributed by atoms with van der Waals surface area (Å²) >= 11 is 0. The van der Waals surface area contributed by atoms with E-state index in [1.54, 1.807) is 0 Å². The molecule has 0 aliphatic carbocycles. The molecular formula is C17H28N2. The van der Waals surface area contributed by atoms with Gasteiger partial charge in [-0.2, -0.15) is 0 Å². The van der Waals surface area contributed by atoms with Crippen LogP contribution in [0.1, 0.15) is 38.3 Å². The van der Waals surface area contributed by atoms with E-state index in [4.69, 9.17) is 0 Å². The maximum atomic E-state index is 3.63. The number of benzene rings is 1. The highest BCUT2D eigenvalue weighted by atomic mass is 15.2. The second-order valence-corrected chi connectivity index (χ2v) is 6.04. The number of anilines is 1. The molecule has 0 saturated carbocycles. The average molecular weight is 260 g/mol. The van der Waals surface area contributed by atoms with E-state index in [1.165, 1.54) is 23.2 Å². The number of rotatable bonds is 3. The van der Waals surface area contributed by atoms with Gasteiger partial charge in [0.05, 0.1) is 0 Å². The van der Waals surface area contributed by atoms with Crippen LogP contribution in [0.2, 0.25) is 0 Å². The lowest BCUT2D eigenvalue weighted by atomic mass is 9.86. The molecule has 1 aromatic carbocycles. The summed E-state index contributed by atoms with van der Waals surface area (Å²) in [4.78, 5) is 2.59. The lowest BCUT2D eigenvalue weighted by molar-refractivity contribution is 0.274. The Bertz CT molecular complexity index is 427. The van der Waals surface area contributed by atoms with Crippen molar-refractivity contribution in [3.8, 4) is 0 Å². The Morgan fingerprint density at radius 2 is 2.00 bits per heavy atom. The Hall–Kier alpha value is -1.02. The lowest BCUT2D eigenvalue weighted by Gasteiger charge is -2.45. The van der Waals surface area contributed by atoms with E-state index in [1.807, 2.05) is 0 Å². The largest absolute Gasteiger partial charge is 0.368 e. The summed E-state index contributed by atoms with van der Waals surface area (Å²) in [5, 5.41) is 3.63. The molecule has 19 heavy (non-hydrogen) atoms. The van der Waals surface area contributed by atoms with E-state index in [9.17, 15) is 0 Å². The highest BCUT2D eigenvalue weighted by molar-refractivity contribution is 5.55. The van der Waals surface area contributed by atoms with Gasteiger partial charge in [0.1, 0.15) is 0 Å². The first kappa shape index (κ1) is 14.4. The number of nitrogens with one attached hydrogen (secondary N) is 1. The standard InChI is InChI=1S/C17H28N2/c1-6-18-16-9-10-19(15(5)14(16)4)17-8-7-12(2)11-13(17)3/h7-8,11,14-16,18H,6,9-10H2,1-5H3. The maximum absolute atomic E-state index is 3.63.